The maximum absolute atomic E-state index is 13.4. The summed E-state index contributed by atoms with van der Waals surface area (Å²) in [5.41, 5.74) is -0.465. The number of amides is 2. The molecule has 1 aromatic carbocycles. The standard InChI is InChI=1S/C21H25Cl2N3O5S/c1-3-4-8-31-18-13-10-15(22)16(23)11-14(13)20(28)26(19(18)24(2)21(29)30)6-5-17(27)25-7-9-32-12-25/h10-11H,3-9,12H2,1-2H3,(H,29,30). The molecule has 174 valence electrons. The third-order valence-corrected chi connectivity index (χ3v) is 6.93. The fourth-order valence-corrected chi connectivity index (χ4v) is 4.76. The molecule has 0 bridgehead atoms. The molecule has 1 aliphatic heterocycles. The van der Waals surface area contributed by atoms with Crippen LogP contribution in [0.25, 0.3) is 10.8 Å². The van der Waals surface area contributed by atoms with Crippen LogP contribution < -0.4 is 15.2 Å². The van der Waals surface area contributed by atoms with E-state index in [4.69, 9.17) is 27.9 Å². The van der Waals surface area contributed by atoms with Gasteiger partial charge in [0, 0.05) is 37.7 Å². The molecule has 1 N–H and O–H groups in total. The molecule has 1 fully saturated rings. The van der Waals surface area contributed by atoms with Crippen molar-refractivity contribution in [1.82, 2.24) is 9.47 Å². The second-order valence-corrected chi connectivity index (χ2v) is 9.30. The number of hydrogen-bond donors (Lipinski definition) is 1. The van der Waals surface area contributed by atoms with Gasteiger partial charge in [0.05, 0.1) is 27.9 Å². The smallest absolute Gasteiger partial charge is 0.412 e. The summed E-state index contributed by atoms with van der Waals surface area (Å²) in [6, 6.07) is 2.96. The van der Waals surface area contributed by atoms with Gasteiger partial charge in [0.25, 0.3) is 5.56 Å². The van der Waals surface area contributed by atoms with Crippen LogP contribution in [0.3, 0.4) is 0 Å². The van der Waals surface area contributed by atoms with Crippen molar-refractivity contribution in [2.75, 3.05) is 36.7 Å². The summed E-state index contributed by atoms with van der Waals surface area (Å²) in [4.78, 5) is 40.6. The van der Waals surface area contributed by atoms with Crippen molar-refractivity contribution in [3.63, 3.8) is 0 Å². The normalized spacial score (nSPS) is 13.6. The first-order chi connectivity index (χ1) is 15.3. The zero-order valence-electron chi connectivity index (χ0n) is 17.9. The van der Waals surface area contributed by atoms with Crippen molar-refractivity contribution in [2.24, 2.45) is 0 Å². The second kappa shape index (κ2) is 10.7. The van der Waals surface area contributed by atoms with E-state index in [1.54, 1.807) is 16.7 Å². The largest absolute Gasteiger partial charge is 0.489 e. The van der Waals surface area contributed by atoms with E-state index in [-0.39, 0.29) is 45.9 Å². The first kappa shape index (κ1) is 24.5. The fourth-order valence-electron chi connectivity index (χ4n) is 3.46. The second-order valence-electron chi connectivity index (χ2n) is 7.41. The number of carbonyl (C=O) groups excluding carboxylic acids is 1. The number of halogens is 2. The van der Waals surface area contributed by atoms with Gasteiger partial charge >= 0.3 is 6.09 Å². The molecule has 0 unspecified atom stereocenters. The number of benzene rings is 1. The van der Waals surface area contributed by atoms with Crippen molar-refractivity contribution < 1.29 is 19.4 Å². The van der Waals surface area contributed by atoms with E-state index in [1.807, 2.05) is 6.92 Å². The first-order valence-corrected chi connectivity index (χ1v) is 12.2. The van der Waals surface area contributed by atoms with Gasteiger partial charge < -0.3 is 14.7 Å². The number of hydrogen-bond acceptors (Lipinski definition) is 5. The number of pyridine rings is 1. The Morgan fingerprint density at radius 1 is 1.25 bits per heavy atom. The molecule has 0 radical (unpaired) electrons. The van der Waals surface area contributed by atoms with Crippen molar-refractivity contribution in [3.8, 4) is 5.75 Å². The minimum atomic E-state index is -1.26. The Morgan fingerprint density at radius 3 is 2.53 bits per heavy atom. The molecule has 3 rings (SSSR count). The topological polar surface area (TPSA) is 92.1 Å². The highest BCUT2D eigenvalue weighted by Gasteiger charge is 2.26. The molecule has 32 heavy (non-hydrogen) atoms. The Balaban J connectivity index is 2.17. The van der Waals surface area contributed by atoms with Crippen LogP contribution in [-0.4, -0.2) is 58.4 Å². The van der Waals surface area contributed by atoms with E-state index >= 15 is 0 Å². The van der Waals surface area contributed by atoms with Crippen LogP contribution in [0.5, 0.6) is 5.75 Å². The van der Waals surface area contributed by atoms with Crippen LogP contribution in [0.1, 0.15) is 26.2 Å². The van der Waals surface area contributed by atoms with E-state index in [0.717, 1.165) is 23.5 Å². The van der Waals surface area contributed by atoms with Crippen molar-refractivity contribution in [2.45, 2.75) is 32.7 Å². The number of thioether (sulfide) groups is 1. The maximum Gasteiger partial charge on any atom is 0.412 e. The molecule has 2 heterocycles. The number of fused-ring (bicyclic) bond motifs is 1. The van der Waals surface area contributed by atoms with Crippen LogP contribution in [0, 0.1) is 0 Å². The summed E-state index contributed by atoms with van der Waals surface area (Å²) < 4.78 is 7.27. The molecule has 0 atom stereocenters. The summed E-state index contributed by atoms with van der Waals surface area (Å²) in [6.45, 7) is 3.00. The highest BCUT2D eigenvalue weighted by Crippen LogP contribution is 2.38. The van der Waals surface area contributed by atoms with Gasteiger partial charge in [-0.3, -0.25) is 19.1 Å². The lowest BCUT2D eigenvalue weighted by molar-refractivity contribution is -0.129. The van der Waals surface area contributed by atoms with E-state index in [2.05, 4.69) is 0 Å². The third kappa shape index (κ3) is 5.10. The number of carboxylic acid groups (broad SMARTS) is 1. The van der Waals surface area contributed by atoms with Gasteiger partial charge in [0.15, 0.2) is 11.6 Å². The molecule has 1 saturated heterocycles. The molecule has 2 aromatic rings. The summed E-state index contributed by atoms with van der Waals surface area (Å²) in [5, 5.41) is 10.7. The third-order valence-electron chi connectivity index (χ3n) is 5.24. The average Bonchev–Trinajstić information content (AvgIpc) is 3.30. The molecule has 11 heteroatoms. The Morgan fingerprint density at radius 2 is 1.94 bits per heavy atom. The number of anilines is 1. The summed E-state index contributed by atoms with van der Waals surface area (Å²) in [6.07, 6.45) is 0.405. The summed E-state index contributed by atoms with van der Waals surface area (Å²) >= 11 is 14.0. The van der Waals surface area contributed by atoms with Crippen molar-refractivity contribution >= 4 is 63.6 Å². The SMILES string of the molecule is CCCCOc1c(N(C)C(=O)O)n(CCC(=O)N2CCSC2)c(=O)c2cc(Cl)c(Cl)cc12. The van der Waals surface area contributed by atoms with Gasteiger partial charge in [0.2, 0.25) is 5.91 Å². The van der Waals surface area contributed by atoms with Crippen LogP contribution in [0.15, 0.2) is 16.9 Å². The molecule has 0 saturated carbocycles. The molecule has 0 spiro atoms. The van der Waals surface area contributed by atoms with Gasteiger partial charge in [0.1, 0.15) is 0 Å². The molecule has 1 aromatic heterocycles. The van der Waals surface area contributed by atoms with E-state index in [0.29, 0.717) is 24.4 Å². The molecule has 0 aliphatic carbocycles. The lowest BCUT2D eigenvalue weighted by atomic mass is 10.1. The zero-order chi connectivity index (χ0) is 23.4. The fraction of sp³-hybridized carbons (Fsp3) is 0.476. The van der Waals surface area contributed by atoms with Gasteiger partial charge in [-0.15, -0.1) is 11.8 Å². The highest BCUT2D eigenvalue weighted by atomic mass is 35.5. The summed E-state index contributed by atoms with van der Waals surface area (Å²) in [5.74, 6) is 1.69. The van der Waals surface area contributed by atoms with Crippen LogP contribution in [0.2, 0.25) is 10.0 Å². The van der Waals surface area contributed by atoms with Gasteiger partial charge in [-0.2, -0.15) is 0 Å². The molecule has 2 amide bonds. The number of nitrogens with zero attached hydrogens (tertiary/aromatic N) is 3. The Labute approximate surface area is 200 Å². The van der Waals surface area contributed by atoms with Crippen molar-refractivity contribution in [3.05, 3.63) is 32.5 Å². The quantitative estimate of drug-likeness (QED) is 0.534. The van der Waals surface area contributed by atoms with Gasteiger partial charge in [-0.1, -0.05) is 36.5 Å². The van der Waals surface area contributed by atoms with Crippen LogP contribution in [0.4, 0.5) is 10.6 Å². The predicted octanol–water partition coefficient (Wildman–Crippen LogP) is 4.52. The van der Waals surface area contributed by atoms with Gasteiger partial charge in [-0.05, 0) is 18.6 Å². The first-order valence-electron chi connectivity index (χ1n) is 10.3. The molecular formula is C21H25Cl2N3O5S. The van der Waals surface area contributed by atoms with Crippen LogP contribution in [-0.2, 0) is 11.3 Å². The van der Waals surface area contributed by atoms with Crippen LogP contribution >= 0.6 is 35.0 Å². The van der Waals surface area contributed by atoms with Crippen molar-refractivity contribution in [1.29, 1.82) is 0 Å². The molecular weight excluding hydrogens is 477 g/mol. The number of rotatable bonds is 8. The number of aromatic nitrogens is 1. The van der Waals surface area contributed by atoms with Gasteiger partial charge in [-0.25, -0.2) is 4.79 Å². The molecule has 8 nitrogen and oxygen atoms in total. The minimum Gasteiger partial charge on any atom is -0.489 e. The number of ether oxygens (including phenoxy) is 1. The maximum atomic E-state index is 13.4. The lowest BCUT2D eigenvalue weighted by Crippen LogP contribution is -2.35. The lowest BCUT2D eigenvalue weighted by Gasteiger charge is -2.25. The number of unbranched alkanes of at least 4 members (excludes halogenated alkanes) is 1. The Bertz CT molecular complexity index is 1090. The predicted molar refractivity (Wildman–Crippen MR) is 129 cm³/mol. The Kier molecular flexibility index (Phi) is 8.19. The summed E-state index contributed by atoms with van der Waals surface area (Å²) in [7, 11) is 1.34. The minimum absolute atomic E-state index is 0.00606. The highest BCUT2D eigenvalue weighted by molar-refractivity contribution is 7.99. The van der Waals surface area contributed by atoms with E-state index in [1.165, 1.54) is 23.7 Å². The zero-order valence-corrected chi connectivity index (χ0v) is 20.2. The average molecular weight is 502 g/mol. The van der Waals surface area contributed by atoms with E-state index < -0.39 is 11.7 Å². The monoisotopic (exact) mass is 501 g/mol. The van der Waals surface area contributed by atoms with E-state index in [9.17, 15) is 19.5 Å². The molecule has 1 aliphatic rings. The number of carbonyl (C=O) groups is 2. The Hall–Kier alpha value is -2.10.